The van der Waals surface area contributed by atoms with Crippen molar-refractivity contribution in [2.45, 2.75) is 6.42 Å². The molecular formula is C15H14Cl2N2O. The number of rotatable bonds is 5. The lowest BCUT2D eigenvalue weighted by molar-refractivity contribution is -0.115. The molecular weight excluding hydrogens is 295 g/mol. The Hall–Kier alpha value is -1.71. The highest BCUT2D eigenvalue weighted by atomic mass is 35.5. The lowest BCUT2D eigenvalue weighted by Gasteiger charge is -2.08. The number of hydrogen-bond acceptors (Lipinski definition) is 2. The summed E-state index contributed by atoms with van der Waals surface area (Å²) in [6.45, 7) is 0.567. The summed E-state index contributed by atoms with van der Waals surface area (Å²) in [6, 6.07) is 14.7. The monoisotopic (exact) mass is 308 g/mol. The first kappa shape index (κ1) is 14.7. The molecule has 2 rings (SSSR count). The van der Waals surface area contributed by atoms with E-state index in [9.17, 15) is 4.79 Å². The summed E-state index contributed by atoms with van der Waals surface area (Å²) in [4.78, 5) is 11.8. The molecule has 2 N–H and O–H groups in total. The molecule has 0 radical (unpaired) electrons. The van der Waals surface area contributed by atoms with Gasteiger partial charge in [-0.15, -0.1) is 0 Å². The van der Waals surface area contributed by atoms with E-state index in [1.165, 1.54) is 0 Å². The molecule has 0 aliphatic rings. The second-order valence-corrected chi connectivity index (χ2v) is 5.03. The zero-order valence-corrected chi connectivity index (χ0v) is 12.2. The van der Waals surface area contributed by atoms with Gasteiger partial charge in [0, 0.05) is 24.3 Å². The van der Waals surface area contributed by atoms with Gasteiger partial charge in [-0.05, 0) is 30.3 Å². The van der Waals surface area contributed by atoms with Gasteiger partial charge in [0.1, 0.15) is 0 Å². The summed E-state index contributed by atoms with van der Waals surface area (Å²) < 4.78 is 0. The molecule has 1 amide bonds. The molecule has 0 atom stereocenters. The maximum absolute atomic E-state index is 11.8. The van der Waals surface area contributed by atoms with Crippen molar-refractivity contribution in [3.05, 3.63) is 58.6 Å². The van der Waals surface area contributed by atoms with Crippen LogP contribution in [0.5, 0.6) is 0 Å². The zero-order valence-electron chi connectivity index (χ0n) is 10.7. The summed E-state index contributed by atoms with van der Waals surface area (Å²) in [5, 5.41) is 6.84. The third kappa shape index (κ3) is 4.44. The van der Waals surface area contributed by atoms with E-state index in [4.69, 9.17) is 23.2 Å². The second kappa shape index (κ2) is 7.17. The maximum atomic E-state index is 11.8. The number of anilines is 2. The number of carbonyl (C=O) groups excluding carboxylic acids is 1. The van der Waals surface area contributed by atoms with Crippen LogP contribution in [0.4, 0.5) is 11.4 Å². The van der Waals surface area contributed by atoms with Crippen molar-refractivity contribution in [3.63, 3.8) is 0 Å². The number of halogens is 2. The van der Waals surface area contributed by atoms with E-state index in [2.05, 4.69) is 10.6 Å². The summed E-state index contributed by atoms with van der Waals surface area (Å²) in [5.74, 6) is -0.0770. The molecule has 3 nitrogen and oxygen atoms in total. The fourth-order valence-electron chi connectivity index (χ4n) is 1.67. The van der Waals surface area contributed by atoms with Crippen LogP contribution in [-0.4, -0.2) is 12.5 Å². The van der Waals surface area contributed by atoms with Gasteiger partial charge in [-0.25, -0.2) is 0 Å². The zero-order chi connectivity index (χ0) is 14.4. The smallest absolute Gasteiger partial charge is 0.226 e. The maximum Gasteiger partial charge on any atom is 0.226 e. The summed E-state index contributed by atoms with van der Waals surface area (Å²) in [6.07, 6.45) is 0.370. The van der Waals surface area contributed by atoms with E-state index in [1.54, 1.807) is 18.2 Å². The molecule has 0 saturated heterocycles. The first-order valence-corrected chi connectivity index (χ1v) is 6.94. The van der Waals surface area contributed by atoms with Crippen LogP contribution in [0.1, 0.15) is 6.42 Å². The Balaban J connectivity index is 1.79. The molecule has 0 saturated carbocycles. The minimum absolute atomic E-state index is 0.0770. The quantitative estimate of drug-likeness (QED) is 0.857. The molecule has 0 fully saturated rings. The standard InChI is InChI=1S/C15H14Cl2N2O/c16-13-7-6-12(10-14(13)17)19-15(20)8-9-18-11-4-2-1-3-5-11/h1-7,10,18H,8-9H2,(H,19,20). The van der Waals surface area contributed by atoms with Gasteiger partial charge in [0.05, 0.1) is 10.0 Å². The summed E-state index contributed by atoms with van der Waals surface area (Å²) in [7, 11) is 0. The average molecular weight is 309 g/mol. The van der Waals surface area contributed by atoms with E-state index >= 15 is 0 Å². The highest BCUT2D eigenvalue weighted by molar-refractivity contribution is 6.42. The fraction of sp³-hybridized carbons (Fsp3) is 0.133. The molecule has 0 heterocycles. The lowest BCUT2D eigenvalue weighted by atomic mass is 10.3. The van der Waals surface area contributed by atoms with Crippen molar-refractivity contribution in [2.75, 3.05) is 17.2 Å². The third-order valence-electron chi connectivity index (χ3n) is 2.66. The van der Waals surface area contributed by atoms with E-state index in [-0.39, 0.29) is 5.91 Å². The first-order chi connectivity index (χ1) is 9.65. The Morgan fingerprint density at radius 1 is 0.950 bits per heavy atom. The van der Waals surface area contributed by atoms with Gasteiger partial charge in [0.2, 0.25) is 5.91 Å². The Bertz CT molecular complexity index is 588. The van der Waals surface area contributed by atoms with Gasteiger partial charge < -0.3 is 10.6 Å². The predicted octanol–water partition coefficient (Wildman–Crippen LogP) is 4.43. The molecule has 20 heavy (non-hydrogen) atoms. The number of hydrogen-bond donors (Lipinski definition) is 2. The lowest BCUT2D eigenvalue weighted by Crippen LogP contribution is -2.16. The third-order valence-corrected chi connectivity index (χ3v) is 3.40. The Morgan fingerprint density at radius 3 is 2.40 bits per heavy atom. The Morgan fingerprint density at radius 2 is 1.70 bits per heavy atom. The normalized spacial score (nSPS) is 10.1. The largest absolute Gasteiger partial charge is 0.385 e. The Kier molecular flexibility index (Phi) is 5.27. The minimum Gasteiger partial charge on any atom is -0.385 e. The van der Waals surface area contributed by atoms with Crippen molar-refractivity contribution in [3.8, 4) is 0 Å². The molecule has 0 aromatic heterocycles. The molecule has 0 aliphatic heterocycles. The van der Waals surface area contributed by atoms with Gasteiger partial charge in [-0.2, -0.15) is 0 Å². The summed E-state index contributed by atoms with van der Waals surface area (Å²) in [5.41, 5.74) is 1.64. The fourth-order valence-corrected chi connectivity index (χ4v) is 1.97. The molecule has 2 aromatic carbocycles. The highest BCUT2D eigenvalue weighted by Crippen LogP contribution is 2.24. The van der Waals surface area contributed by atoms with Crippen LogP contribution < -0.4 is 10.6 Å². The topological polar surface area (TPSA) is 41.1 Å². The van der Waals surface area contributed by atoms with Crippen LogP contribution in [0.25, 0.3) is 0 Å². The predicted molar refractivity (Wildman–Crippen MR) is 84.6 cm³/mol. The van der Waals surface area contributed by atoms with Gasteiger partial charge in [-0.1, -0.05) is 41.4 Å². The minimum atomic E-state index is -0.0770. The van der Waals surface area contributed by atoms with E-state index < -0.39 is 0 Å². The average Bonchev–Trinajstić information content (AvgIpc) is 2.44. The SMILES string of the molecule is O=C(CCNc1ccccc1)Nc1ccc(Cl)c(Cl)c1. The second-order valence-electron chi connectivity index (χ2n) is 4.22. The number of amides is 1. The van der Waals surface area contributed by atoms with Crippen LogP contribution >= 0.6 is 23.2 Å². The van der Waals surface area contributed by atoms with Crippen LogP contribution in [0.15, 0.2) is 48.5 Å². The van der Waals surface area contributed by atoms with Crippen molar-refractivity contribution in [1.82, 2.24) is 0 Å². The highest BCUT2D eigenvalue weighted by Gasteiger charge is 2.04. The van der Waals surface area contributed by atoms with Crippen LogP contribution in [-0.2, 0) is 4.79 Å². The van der Waals surface area contributed by atoms with Crippen molar-refractivity contribution < 1.29 is 4.79 Å². The van der Waals surface area contributed by atoms with Gasteiger partial charge in [0.25, 0.3) is 0 Å². The number of para-hydroxylation sites is 1. The summed E-state index contributed by atoms with van der Waals surface area (Å²) >= 11 is 11.7. The van der Waals surface area contributed by atoms with Crippen LogP contribution in [0.3, 0.4) is 0 Å². The molecule has 0 spiro atoms. The number of nitrogens with one attached hydrogen (secondary N) is 2. The van der Waals surface area contributed by atoms with Crippen molar-refractivity contribution in [2.24, 2.45) is 0 Å². The van der Waals surface area contributed by atoms with Gasteiger partial charge >= 0.3 is 0 Å². The van der Waals surface area contributed by atoms with Gasteiger partial charge in [-0.3, -0.25) is 4.79 Å². The number of carbonyl (C=O) groups is 1. The van der Waals surface area contributed by atoms with Crippen molar-refractivity contribution >= 4 is 40.5 Å². The Labute approximate surface area is 127 Å². The van der Waals surface area contributed by atoms with E-state index in [1.807, 2.05) is 30.3 Å². The molecule has 2 aromatic rings. The molecule has 0 unspecified atom stereocenters. The van der Waals surface area contributed by atoms with E-state index in [0.29, 0.717) is 28.7 Å². The van der Waals surface area contributed by atoms with Crippen molar-refractivity contribution in [1.29, 1.82) is 0 Å². The first-order valence-electron chi connectivity index (χ1n) is 6.19. The van der Waals surface area contributed by atoms with E-state index in [0.717, 1.165) is 5.69 Å². The molecule has 104 valence electrons. The molecule has 5 heteroatoms. The van der Waals surface area contributed by atoms with Crippen LogP contribution in [0, 0.1) is 0 Å². The number of benzene rings is 2. The molecule has 0 aliphatic carbocycles. The molecule has 0 bridgehead atoms. The van der Waals surface area contributed by atoms with Crippen LogP contribution in [0.2, 0.25) is 10.0 Å². The van der Waals surface area contributed by atoms with Gasteiger partial charge in [0.15, 0.2) is 0 Å².